The topological polar surface area (TPSA) is 88.2 Å². The van der Waals surface area contributed by atoms with Gasteiger partial charge in [0.1, 0.15) is 12.4 Å². The van der Waals surface area contributed by atoms with Crippen LogP contribution in [0, 0.1) is 5.82 Å². The second-order valence-corrected chi connectivity index (χ2v) is 6.05. The lowest BCUT2D eigenvalue weighted by Gasteiger charge is -2.18. The number of halogens is 1. The number of hydrogen-bond donors (Lipinski definition) is 2. The Morgan fingerprint density at radius 3 is 2.59 bits per heavy atom. The fourth-order valence-electron chi connectivity index (χ4n) is 2.88. The molecule has 0 aliphatic heterocycles. The zero-order valence-corrected chi connectivity index (χ0v) is 14.6. The van der Waals surface area contributed by atoms with E-state index in [0.717, 1.165) is 5.56 Å². The minimum Gasteiger partial charge on any atom is -0.387 e. The van der Waals surface area contributed by atoms with Gasteiger partial charge in [0.25, 0.3) is 5.89 Å². The van der Waals surface area contributed by atoms with Crippen LogP contribution in [0.1, 0.15) is 35.2 Å². The van der Waals surface area contributed by atoms with E-state index in [1.54, 1.807) is 18.2 Å². The number of nitrogens with zero attached hydrogens (tertiary/aromatic N) is 2. The van der Waals surface area contributed by atoms with Gasteiger partial charge in [-0.05, 0) is 17.2 Å². The Kier molecular flexibility index (Phi) is 6.27. The molecule has 0 aliphatic carbocycles. The van der Waals surface area contributed by atoms with Gasteiger partial charge in [0, 0.05) is 25.3 Å². The summed E-state index contributed by atoms with van der Waals surface area (Å²) in [6, 6.07) is 15.9. The highest BCUT2D eigenvalue weighted by atomic mass is 19.1. The number of aliphatic hydroxyl groups is 1. The van der Waals surface area contributed by atoms with Crippen molar-refractivity contribution in [3.8, 4) is 0 Å². The maximum absolute atomic E-state index is 14.3. The van der Waals surface area contributed by atoms with E-state index in [1.165, 1.54) is 6.07 Å². The summed E-state index contributed by atoms with van der Waals surface area (Å²) in [6.45, 7) is 0.00275. The summed E-state index contributed by atoms with van der Waals surface area (Å²) in [5.74, 6) is -0.355. The maximum atomic E-state index is 14.3. The molecule has 0 bridgehead atoms. The molecule has 0 spiro atoms. The predicted molar refractivity (Wildman–Crippen MR) is 96.2 cm³/mol. The molecule has 0 aliphatic rings. The summed E-state index contributed by atoms with van der Waals surface area (Å²) in [5, 5.41) is 15.4. The van der Waals surface area contributed by atoms with E-state index in [4.69, 9.17) is 9.63 Å². The van der Waals surface area contributed by atoms with Crippen LogP contribution in [-0.4, -0.2) is 27.7 Å². The third-order valence-electron chi connectivity index (χ3n) is 4.19. The summed E-state index contributed by atoms with van der Waals surface area (Å²) in [7, 11) is 0. The molecule has 27 heavy (non-hydrogen) atoms. The van der Waals surface area contributed by atoms with Gasteiger partial charge in [-0.3, -0.25) is 4.79 Å². The number of amides is 1. The van der Waals surface area contributed by atoms with Crippen LogP contribution in [0.15, 0.2) is 59.1 Å². The molecule has 0 unspecified atom stereocenters. The Morgan fingerprint density at radius 1 is 1.15 bits per heavy atom. The summed E-state index contributed by atoms with van der Waals surface area (Å²) in [4.78, 5) is 16.4. The van der Waals surface area contributed by atoms with Crippen LogP contribution in [0.3, 0.4) is 0 Å². The second-order valence-electron chi connectivity index (χ2n) is 6.05. The lowest BCUT2D eigenvalue weighted by Crippen LogP contribution is -2.27. The molecule has 6 nitrogen and oxygen atoms in total. The molecule has 1 heterocycles. The van der Waals surface area contributed by atoms with Crippen molar-refractivity contribution in [2.24, 2.45) is 0 Å². The molecule has 1 amide bonds. The SMILES string of the molecule is O=C(C[C@@H](c1ccccc1)c1ccccc1F)NCCc1noc(CO)n1. The molecule has 1 aromatic heterocycles. The average Bonchev–Trinajstić information content (AvgIpc) is 3.15. The monoisotopic (exact) mass is 369 g/mol. The Balaban J connectivity index is 1.65. The van der Waals surface area contributed by atoms with E-state index in [1.807, 2.05) is 30.3 Å². The number of carbonyl (C=O) groups is 1. The van der Waals surface area contributed by atoms with Crippen molar-refractivity contribution in [2.45, 2.75) is 25.4 Å². The number of nitrogens with one attached hydrogen (secondary N) is 1. The van der Waals surface area contributed by atoms with Crippen molar-refractivity contribution in [3.63, 3.8) is 0 Å². The third kappa shape index (κ3) is 4.98. The molecule has 140 valence electrons. The largest absolute Gasteiger partial charge is 0.387 e. The van der Waals surface area contributed by atoms with Crippen LogP contribution in [0.25, 0.3) is 0 Å². The molecule has 1 atom stereocenters. The number of benzene rings is 2. The van der Waals surface area contributed by atoms with Crippen molar-refractivity contribution in [1.29, 1.82) is 0 Å². The summed E-state index contributed by atoms with van der Waals surface area (Å²) in [5.41, 5.74) is 1.37. The van der Waals surface area contributed by atoms with Crippen molar-refractivity contribution in [1.82, 2.24) is 15.5 Å². The van der Waals surface area contributed by atoms with Gasteiger partial charge >= 0.3 is 0 Å². The van der Waals surface area contributed by atoms with E-state index >= 15 is 0 Å². The fraction of sp³-hybridized carbons (Fsp3) is 0.250. The molecule has 0 radical (unpaired) electrons. The first-order chi connectivity index (χ1) is 13.2. The van der Waals surface area contributed by atoms with Crippen LogP contribution in [-0.2, 0) is 17.8 Å². The van der Waals surface area contributed by atoms with Crippen molar-refractivity contribution < 1.29 is 18.8 Å². The first kappa shape index (κ1) is 18.7. The average molecular weight is 369 g/mol. The Bertz CT molecular complexity index is 883. The number of hydrogen-bond acceptors (Lipinski definition) is 5. The van der Waals surface area contributed by atoms with E-state index in [-0.39, 0.29) is 36.6 Å². The van der Waals surface area contributed by atoms with E-state index in [9.17, 15) is 9.18 Å². The van der Waals surface area contributed by atoms with Crippen LogP contribution in [0.2, 0.25) is 0 Å². The van der Waals surface area contributed by atoms with Crippen molar-refractivity contribution >= 4 is 5.91 Å². The van der Waals surface area contributed by atoms with Crippen LogP contribution in [0.4, 0.5) is 4.39 Å². The van der Waals surface area contributed by atoms with E-state index < -0.39 is 0 Å². The molecule has 0 saturated heterocycles. The normalized spacial score (nSPS) is 11.9. The molecule has 0 saturated carbocycles. The zero-order chi connectivity index (χ0) is 19.1. The highest BCUT2D eigenvalue weighted by Crippen LogP contribution is 2.29. The van der Waals surface area contributed by atoms with Gasteiger partial charge in [0.05, 0.1) is 0 Å². The Morgan fingerprint density at radius 2 is 1.89 bits per heavy atom. The van der Waals surface area contributed by atoms with Gasteiger partial charge < -0.3 is 14.9 Å². The maximum Gasteiger partial charge on any atom is 0.252 e. The minimum atomic E-state index is -0.376. The smallest absolute Gasteiger partial charge is 0.252 e. The molecular weight excluding hydrogens is 349 g/mol. The predicted octanol–water partition coefficient (Wildman–Crippen LogP) is 2.58. The summed E-state index contributed by atoms with van der Waals surface area (Å²) in [6.07, 6.45) is 0.504. The first-order valence-corrected chi connectivity index (χ1v) is 8.65. The molecular formula is C20H20FN3O3. The van der Waals surface area contributed by atoms with Gasteiger partial charge in [-0.25, -0.2) is 4.39 Å². The highest BCUT2D eigenvalue weighted by Gasteiger charge is 2.21. The van der Waals surface area contributed by atoms with Crippen molar-refractivity contribution in [2.75, 3.05) is 6.54 Å². The third-order valence-corrected chi connectivity index (χ3v) is 4.19. The van der Waals surface area contributed by atoms with Gasteiger partial charge in [0.2, 0.25) is 5.91 Å². The zero-order valence-electron chi connectivity index (χ0n) is 14.6. The fourth-order valence-corrected chi connectivity index (χ4v) is 2.88. The Labute approximate surface area is 156 Å². The second kappa shape index (κ2) is 9.05. The van der Waals surface area contributed by atoms with Gasteiger partial charge in [-0.1, -0.05) is 53.7 Å². The lowest BCUT2D eigenvalue weighted by molar-refractivity contribution is -0.121. The lowest BCUT2D eigenvalue weighted by atomic mass is 9.88. The molecule has 3 rings (SSSR count). The summed E-state index contributed by atoms with van der Waals surface area (Å²) >= 11 is 0. The van der Waals surface area contributed by atoms with Gasteiger partial charge in [0.15, 0.2) is 5.82 Å². The summed E-state index contributed by atoms with van der Waals surface area (Å²) < 4.78 is 19.1. The molecule has 2 N–H and O–H groups in total. The van der Waals surface area contributed by atoms with E-state index in [2.05, 4.69) is 15.5 Å². The highest BCUT2D eigenvalue weighted by molar-refractivity contribution is 5.77. The number of aliphatic hydroxyl groups excluding tert-OH is 1. The number of carbonyl (C=O) groups excluding carboxylic acids is 1. The van der Waals surface area contributed by atoms with Gasteiger partial charge in [-0.2, -0.15) is 4.98 Å². The minimum absolute atomic E-state index is 0.124. The van der Waals surface area contributed by atoms with E-state index in [0.29, 0.717) is 24.4 Å². The van der Waals surface area contributed by atoms with Crippen LogP contribution >= 0.6 is 0 Å². The molecule has 7 heteroatoms. The van der Waals surface area contributed by atoms with Crippen LogP contribution in [0.5, 0.6) is 0 Å². The number of rotatable bonds is 8. The standard InChI is InChI=1S/C20H20FN3O3/c21-17-9-5-4-8-15(17)16(14-6-2-1-3-7-14)12-19(26)22-11-10-18-23-20(13-25)27-24-18/h1-9,16,25H,10-13H2,(H,22,26)/t16-/m0/s1. The number of aromatic nitrogens is 2. The molecule has 2 aromatic carbocycles. The first-order valence-electron chi connectivity index (χ1n) is 8.65. The van der Waals surface area contributed by atoms with Gasteiger partial charge in [-0.15, -0.1) is 0 Å². The molecule has 3 aromatic rings. The quantitative estimate of drug-likeness (QED) is 0.637. The van der Waals surface area contributed by atoms with Crippen LogP contribution < -0.4 is 5.32 Å². The Hall–Kier alpha value is -3.06. The van der Waals surface area contributed by atoms with Crippen molar-refractivity contribution in [3.05, 3.63) is 83.3 Å². The molecule has 0 fully saturated rings.